The van der Waals surface area contributed by atoms with Gasteiger partial charge in [0.1, 0.15) is 5.82 Å². The van der Waals surface area contributed by atoms with Gasteiger partial charge in [-0.1, -0.05) is 18.2 Å². The molecule has 0 radical (unpaired) electrons. The monoisotopic (exact) mass is 348 g/mol. The Labute approximate surface area is 151 Å². The molecule has 4 aromatic rings. The molecular formula is C21H21FN4. The summed E-state index contributed by atoms with van der Waals surface area (Å²) in [4.78, 5) is 3.36. The van der Waals surface area contributed by atoms with Gasteiger partial charge < -0.3 is 10.3 Å². The number of aryl methyl sites for hydroxylation is 2. The van der Waals surface area contributed by atoms with Gasteiger partial charge in [-0.05, 0) is 42.3 Å². The van der Waals surface area contributed by atoms with Crippen LogP contribution in [-0.2, 0) is 20.1 Å². The highest BCUT2D eigenvalue weighted by atomic mass is 19.1. The maximum Gasteiger partial charge on any atom is 0.132 e. The van der Waals surface area contributed by atoms with Crippen LogP contribution in [0, 0.1) is 12.7 Å². The van der Waals surface area contributed by atoms with E-state index in [4.69, 9.17) is 0 Å². The van der Waals surface area contributed by atoms with Crippen LogP contribution in [0.25, 0.3) is 22.2 Å². The second-order valence-corrected chi connectivity index (χ2v) is 6.61. The first-order chi connectivity index (χ1) is 12.6. The molecule has 0 fully saturated rings. The van der Waals surface area contributed by atoms with Crippen molar-refractivity contribution < 1.29 is 4.39 Å². The number of halogens is 1. The zero-order valence-electron chi connectivity index (χ0n) is 14.9. The molecule has 2 N–H and O–H groups in total. The van der Waals surface area contributed by atoms with Crippen molar-refractivity contribution in [1.82, 2.24) is 20.1 Å². The maximum atomic E-state index is 14.2. The summed E-state index contributed by atoms with van der Waals surface area (Å²) in [6.45, 7) is 3.58. The molecule has 0 unspecified atom stereocenters. The van der Waals surface area contributed by atoms with Gasteiger partial charge >= 0.3 is 0 Å². The van der Waals surface area contributed by atoms with E-state index in [2.05, 4.69) is 33.6 Å². The lowest BCUT2D eigenvalue weighted by Crippen LogP contribution is -2.12. The lowest BCUT2D eigenvalue weighted by molar-refractivity contribution is 0.631. The van der Waals surface area contributed by atoms with E-state index in [1.54, 1.807) is 10.7 Å². The summed E-state index contributed by atoms with van der Waals surface area (Å²) in [6, 6.07) is 13.2. The van der Waals surface area contributed by atoms with Crippen molar-refractivity contribution in [2.24, 2.45) is 7.05 Å². The molecule has 0 atom stereocenters. The van der Waals surface area contributed by atoms with Crippen LogP contribution in [-0.4, -0.2) is 14.8 Å². The first-order valence-corrected chi connectivity index (χ1v) is 8.66. The number of rotatable bonds is 5. The average molecular weight is 348 g/mol. The number of fused-ring (bicyclic) bond motifs is 1. The molecule has 4 rings (SSSR count). The number of aromatic nitrogens is 3. The highest BCUT2D eigenvalue weighted by Gasteiger charge is 2.13. The molecule has 2 aromatic carbocycles. The lowest BCUT2D eigenvalue weighted by atomic mass is 10.0. The average Bonchev–Trinajstić information content (AvgIpc) is 3.19. The van der Waals surface area contributed by atoms with E-state index in [9.17, 15) is 4.39 Å². The summed E-state index contributed by atoms with van der Waals surface area (Å²) >= 11 is 0. The number of hydrogen-bond acceptors (Lipinski definition) is 2. The third kappa shape index (κ3) is 3.13. The molecule has 0 bridgehead atoms. The third-order valence-electron chi connectivity index (χ3n) is 4.68. The summed E-state index contributed by atoms with van der Waals surface area (Å²) in [7, 11) is 1.92. The number of H-pyrrole nitrogens is 1. The fraction of sp³-hybridized carbons (Fsp3) is 0.190. The number of benzene rings is 2. The molecule has 0 amide bonds. The first kappa shape index (κ1) is 16.5. The molecule has 0 saturated heterocycles. The summed E-state index contributed by atoms with van der Waals surface area (Å²) in [5, 5.41) is 8.74. The van der Waals surface area contributed by atoms with Crippen LogP contribution in [0.5, 0.6) is 0 Å². The van der Waals surface area contributed by atoms with Gasteiger partial charge in [0.15, 0.2) is 0 Å². The van der Waals surface area contributed by atoms with Gasteiger partial charge in [0.05, 0.1) is 11.9 Å². The first-order valence-electron chi connectivity index (χ1n) is 8.66. The molecule has 4 nitrogen and oxygen atoms in total. The molecule has 0 aliphatic heterocycles. The predicted octanol–water partition coefficient (Wildman–Crippen LogP) is 4.31. The standard InChI is InChI=1S/C21H21FN4/c1-14-18-9-15(10-23-11-16-12-24-26(2)13-16)7-8-20(18)25-21(14)17-5-3-4-6-19(17)22/h3-9,12-13,23,25H,10-11H2,1-2H3. The van der Waals surface area contributed by atoms with E-state index in [0.29, 0.717) is 5.56 Å². The number of nitrogens with zero attached hydrogens (tertiary/aromatic N) is 2. The Morgan fingerprint density at radius 1 is 1.12 bits per heavy atom. The molecule has 0 spiro atoms. The number of aromatic amines is 1. The fourth-order valence-corrected chi connectivity index (χ4v) is 3.33. The van der Waals surface area contributed by atoms with E-state index < -0.39 is 0 Å². The highest BCUT2D eigenvalue weighted by Crippen LogP contribution is 2.31. The van der Waals surface area contributed by atoms with E-state index in [1.165, 1.54) is 11.6 Å². The second kappa shape index (κ2) is 6.77. The Morgan fingerprint density at radius 2 is 1.92 bits per heavy atom. The second-order valence-electron chi connectivity index (χ2n) is 6.61. The predicted molar refractivity (Wildman–Crippen MR) is 102 cm³/mol. The highest BCUT2D eigenvalue weighted by molar-refractivity contribution is 5.91. The smallest absolute Gasteiger partial charge is 0.132 e. The van der Waals surface area contributed by atoms with E-state index in [0.717, 1.165) is 40.8 Å². The fourth-order valence-electron chi connectivity index (χ4n) is 3.33. The van der Waals surface area contributed by atoms with Crippen LogP contribution in [0.15, 0.2) is 54.9 Å². The normalized spacial score (nSPS) is 11.3. The van der Waals surface area contributed by atoms with E-state index in [-0.39, 0.29) is 5.82 Å². The molecule has 0 saturated carbocycles. The van der Waals surface area contributed by atoms with Gasteiger partial charge in [-0.3, -0.25) is 4.68 Å². The van der Waals surface area contributed by atoms with Crippen molar-refractivity contribution in [1.29, 1.82) is 0 Å². The van der Waals surface area contributed by atoms with Crippen LogP contribution in [0.1, 0.15) is 16.7 Å². The quantitative estimate of drug-likeness (QED) is 0.565. The summed E-state index contributed by atoms with van der Waals surface area (Å²) in [5.41, 5.74) is 5.91. The van der Waals surface area contributed by atoms with Crippen LogP contribution in [0.2, 0.25) is 0 Å². The van der Waals surface area contributed by atoms with Gasteiger partial charge in [0.2, 0.25) is 0 Å². The maximum absolute atomic E-state index is 14.2. The van der Waals surface area contributed by atoms with Crippen molar-refractivity contribution >= 4 is 10.9 Å². The summed E-state index contributed by atoms with van der Waals surface area (Å²) in [6.07, 6.45) is 3.88. The van der Waals surface area contributed by atoms with Crippen LogP contribution in [0.3, 0.4) is 0 Å². The Morgan fingerprint density at radius 3 is 2.69 bits per heavy atom. The van der Waals surface area contributed by atoms with Crippen molar-refractivity contribution in [3.63, 3.8) is 0 Å². The minimum Gasteiger partial charge on any atom is -0.354 e. The molecule has 132 valence electrons. The Kier molecular flexibility index (Phi) is 4.31. The zero-order chi connectivity index (χ0) is 18.1. The van der Waals surface area contributed by atoms with Gasteiger partial charge in [-0.15, -0.1) is 0 Å². The SMILES string of the molecule is Cc1c(-c2ccccc2F)[nH]c2ccc(CNCc3cnn(C)c3)cc12. The molecule has 0 aliphatic carbocycles. The van der Waals surface area contributed by atoms with E-state index >= 15 is 0 Å². The van der Waals surface area contributed by atoms with Crippen LogP contribution < -0.4 is 5.32 Å². The minimum atomic E-state index is -0.208. The summed E-state index contributed by atoms with van der Waals surface area (Å²) in [5.74, 6) is -0.208. The summed E-state index contributed by atoms with van der Waals surface area (Å²) < 4.78 is 16.0. The van der Waals surface area contributed by atoms with Gasteiger partial charge in [-0.2, -0.15) is 5.10 Å². The molecule has 26 heavy (non-hydrogen) atoms. The molecule has 5 heteroatoms. The lowest BCUT2D eigenvalue weighted by Gasteiger charge is -2.04. The van der Waals surface area contributed by atoms with Crippen LogP contribution in [0.4, 0.5) is 4.39 Å². The van der Waals surface area contributed by atoms with Gasteiger partial charge in [-0.25, -0.2) is 4.39 Å². The molecule has 2 heterocycles. The molecular weight excluding hydrogens is 327 g/mol. The minimum absolute atomic E-state index is 0.208. The Balaban J connectivity index is 1.57. The van der Waals surface area contributed by atoms with Crippen molar-refractivity contribution in [2.75, 3.05) is 0 Å². The third-order valence-corrected chi connectivity index (χ3v) is 4.68. The zero-order valence-corrected chi connectivity index (χ0v) is 14.9. The van der Waals surface area contributed by atoms with E-state index in [1.807, 2.05) is 38.5 Å². The van der Waals surface area contributed by atoms with Crippen LogP contribution >= 0.6 is 0 Å². The van der Waals surface area contributed by atoms with Gasteiger partial charge in [0.25, 0.3) is 0 Å². The Bertz CT molecular complexity index is 1060. The van der Waals surface area contributed by atoms with Crippen molar-refractivity contribution in [3.05, 3.63) is 77.4 Å². The van der Waals surface area contributed by atoms with Crippen molar-refractivity contribution in [3.8, 4) is 11.3 Å². The number of hydrogen-bond donors (Lipinski definition) is 2. The van der Waals surface area contributed by atoms with Crippen molar-refractivity contribution in [2.45, 2.75) is 20.0 Å². The largest absolute Gasteiger partial charge is 0.354 e. The van der Waals surface area contributed by atoms with Gasteiger partial charge in [0, 0.05) is 48.4 Å². The Hall–Kier alpha value is -2.92. The topological polar surface area (TPSA) is 45.6 Å². The number of nitrogens with one attached hydrogen (secondary N) is 2. The molecule has 2 aromatic heterocycles. The molecule has 0 aliphatic rings.